The third-order valence-corrected chi connectivity index (χ3v) is 7.02. The zero-order chi connectivity index (χ0) is 23.0. The lowest BCUT2D eigenvalue weighted by Crippen LogP contribution is -2.35. The number of benzene rings is 1. The molecule has 1 fully saturated rings. The van der Waals surface area contributed by atoms with E-state index in [0.29, 0.717) is 0 Å². The molecule has 2 aromatic heterocycles. The highest BCUT2D eigenvalue weighted by atomic mass is 35.5. The Morgan fingerprint density at radius 1 is 1.12 bits per heavy atom. The highest BCUT2D eigenvalue weighted by molar-refractivity contribution is 7.80. The molecule has 1 saturated heterocycles. The number of hydrogen-bond donors (Lipinski definition) is 1. The van der Waals surface area contributed by atoms with Crippen molar-refractivity contribution in [3.05, 3.63) is 81.9 Å². The first-order chi connectivity index (χ1) is 15.3. The second kappa shape index (κ2) is 9.22. The van der Waals surface area contributed by atoms with Gasteiger partial charge in [0.05, 0.1) is 17.8 Å². The molecular formula is C25H30ClN5S. The summed E-state index contributed by atoms with van der Waals surface area (Å²) < 4.78 is 2.30. The molecule has 0 aliphatic carbocycles. The SMILES string of the molecule is Cc1c(Cl)cccc1-n1c(C)cc([C@H]2[C@@H](c3ccccn3)NC(=S)N2CCN(C)C)c1C. The van der Waals surface area contributed by atoms with Gasteiger partial charge >= 0.3 is 0 Å². The minimum absolute atomic E-state index is 0.0136. The van der Waals surface area contributed by atoms with Crippen molar-refractivity contribution in [2.24, 2.45) is 0 Å². The minimum Gasteiger partial charge on any atom is -0.352 e. The van der Waals surface area contributed by atoms with E-state index in [-0.39, 0.29) is 12.1 Å². The van der Waals surface area contributed by atoms with Crippen LogP contribution in [0.3, 0.4) is 0 Å². The zero-order valence-electron chi connectivity index (χ0n) is 19.3. The predicted molar refractivity (Wildman–Crippen MR) is 136 cm³/mol. The van der Waals surface area contributed by atoms with Crippen LogP contribution < -0.4 is 5.32 Å². The van der Waals surface area contributed by atoms with Gasteiger partial charge in [0.1, 0.15) is 0 Å². The summed E-state index contributed by atoms with van der Waals surface area (Å²) >= 11 is 12.3. The summed E-state index contributed by atoms with van der Waals surface area (Å²) in [5.74, 6) is 0. The van der Waals surface area contributed by atoms with Crippen molar-refractivity contribution < 1.29 is 0 Å². The van der Waals surface area contributed by atoms with E-state index in [0.717, 1.165) is 40.2 Å². The molecule has 4 rings (SSSR count). The maximum absolute atomic E-state index is 6.46. The molecule has 5 nitrogen and oxygen atoms in total. The van der Waals surface area contributed by atoms with Gasteiger partial charge in [-0.25, -0.2) is 0 Å². The molecule has 1 aromatic carbocycles. The third kappa shape index (κ3) is 4.15. The minimum atomic E-state index is -0.0136. The average molecular weight is 468 g/mol. The van der Waals surface area contributed by atoms with E-state index in [1.807, 2.05) is 30.5 Å². The maximum atomic E-state index is 6.46. The largest absolute Gasteiger partial charge is 0.352 e. The Kier molecular flexibility index (Phi) is 6.56. The quantitative estimate of drug-likeness (QED) is 0.517. The molecule has 0 amide bonds. The Balaban J connectivity index is 1.83. The lowest BCUT2D eigenvalue weighted by molar-refractivity contribution is 0.277. The molecule has 0 spiro atoms. The molecule has 3 aromatic rings. The molecule has 2 atom stereocenters. The Morgan fingerprint density at radius 2 is 1.91 bits per heavy atom. The highest BCUT2D eigenvalue weighted by Gasteiger charge is 2.41. The van der Waals surface area contributed by atoms with Crippen LogP contribution in [0.4, 0.5) is 0 Å². The molecule has 0 bridgehead atoms. The van der Waals surface area contributed by atoms with Gasteiger partial charge in [-0.15, -0.1) is 0 Å². The van der Waals surface area contributed by atoms with Crippen molar-refractivity contribution in [1.29, 1.82) is 0 Å². The highest BCUT2D eigenvalue weighted by Crippen LogP contribution is 2.41. The number of rotatable bonds is 6. The van der Waals surface area contributed by atoms with Crippen LogP contribution in [0.2, 0.25) is 5.02 Å². The molecule has 168 valence electrons. The molecule has 1 aliphatic heterocycles. The fraction of sp³-hybridized carbons (Fsp3) is 0.360. The van der Waals surface area contributed by atoms with Gasteiger partial charge in [0.25, 0.3) is 0 Å². The lowest BCUT2D eigenvalue weighted by atomic mass is 9.96. The van der Waals surface area contributed by atoms with Crippen LogP contribution in [0.5, 0.6) is 0 Å². The molecule has 3 heterocycles. The van der Waals surface area contributed by atoms with E-state index in [1.54, 1.807) is 0 Å². The summed E-state index contributed by atoms with van der Waals surface area (Å²) in [5, 5.41) is 5.11. The number of halogens is 1. The Morgan fingerprint density at radius 3 is 2.59 bits per heavy atom. The Hall–Kier alpha value is -2.41. The Labute approximate surface area is 201 Å². The summed E-state index contributed by atoms with van der Waals surface area (Å²) in [6, 6.07) is 14.5. The van der Waals surface area contributed by atoms with E-state index in [4.69, 9.17) is 23.8 Å². The first-order valence-corrected chi connectivity index (χ1v) is 11.7. The van der Waals surface area contributed by atoms with Crippen LogP contribution >= 0.6 is 23.8 Å². The second-order valence-corrected chi connectivity index (χ2v) is 9.46. The average Bonchev–Trinajstić information content (AvgIpc) is 3.24. The van der Waals surface area contributed by atoms with Crippen LogP contribution in [0.15, 0.2) is 48.7 Å². The summed E-state index contributed by atoms with van der Waals surface area (Å²) in [4.78, 5) is 9.16. The lowest BCUT2D eigenvalue weighted by Gasteiger charge is -2.29. The van der Waals surface area contributed by atoms with Gasteiger partial charge < -0.3 is 19.7 Å². The third-order valence-electron chi connectivity index (χ3n) is 6.25. The normalized spacial score (nSPS) is 18.5. The van der Waals surface area contributed by atoms with Crippen molar-refractivity contribution in [3.8, 4) is 5.69 Å². The monoisotopic (exact) mass is 467 g/mol. The molecule has 0 unspecified atom stereocenters. The summed E-state index contributed by atoms with van der Waals surface area (Å²) in [5.41, 5.74) is 6.81. The van der Waals surface area contributed by atoms with Crippen LogP contribution in [-0.4, -0.2) is 51.6 Å². The van der Waals surface area contributed by atoms with Crippen molar-refractivity contribution >= 4 is 28.9 Å². The van der Waals surface area contributed by atoms with Crippen molar-refractivity contribution in [1.82, 2.24) is 24.7 Å². The molecule has 1 aliphatic rings. The predicted octanol–water partition coefficient (Wildman–Crippen LogP) is 4.99. The number of pyridine rings is 1. The molecule has 0 radical (unpaired) electrons. The van der Waals surface area contributed by atoms with Gasteiger partial charge in [-0.05, 0) is 88.5 Å². The molecular weight excluding hydrogens is 438 g/mol. The molecule has 0 saturated carbocycles. The number of aromatic nitrogens is 2. The number of hydrogen-bond acceptors (Lipinski definition) is 3. The molecule has 7 heteroatoms. The van der Waals surface area contributed by atoms with E-state index in [1.165, 1.54) is 17.0 Å². The summed E-state index contributed by atoms with van der Waals surface area (Å²) in [6.07, 6.45) is 1.85. The van der Waals surface area contributed by atoms with Crippen molar-refractivity contribution in [3.63, 3.8) is 0 Å². The van der Waals surface area contributed by atoms with E-state index in [2.05, 4.69) is 77.7 Å². The van der Waals surface area contributed by atoms with Gasteiger partial charge in [-0.3, -0.25) is 4.98 Å². The van der Waals surface area contributed by atoms with Gasteiger partial charge in [0.2, 0.25) is 0 Å². The van der Waals surface area contributed by atoms with Crippen LogP contribution in [0, 0.1) is 20.8 Å². The zero-order valence-corrected chi connectivity index (χ0v) is 20.8. The number of nitrogens with zero attached hydrogens (tertiary/aromatic N) is 4. The topological polar surface area (TPSA) is 36.3 Å². The first kappa shape index (κ1) is 22.8. The van der Waals surface area contributed by atoms with Crippen LogP contribution in [0.25, 0.3) is 5.69 Å². The van der Waals surface area contributed by atoms with E-state index < -0.39 is 0 Å². The smallest absolute Gasteiger partial charge is 0.170 e. The number of aryl methyl sites for hydroxylation is 1. The van der Waals surface area contributed by atoms with E-state index >= 15 is 0 Å². The maximum Gasteiger partial charge on any atom is 0.170 e. The standard InChI is InChI=1S/C25H30ClN5S/c1-16-15-19(18(3)31(16)22-11-8-9-20(26)17(22)2)24-23(21-10-6-7-12-27-21)28-25(32)30(24)14-13-29(4)5/h6-12,15,23-24H,13-14H2,1-5H3,(H,28,32)/t23-,24+/m1/s1. The van der Waals surface area contributed by atoms with Gasteiger partial charge in [0, 0.05) is 41.4 Å². The fourth-order valence-electron chi connectivity index (χ4n) is 4.59. The summed E-state index contributed by atoms with van der Waals surface area (Å²) in [7, 11) is 4.18. The number of likely N-dealkylation sites (N-methyl/N-ethyl adjacent to an activating group) is 1. The summed E-state index contributed by atoms with van der Waals surface area (Å²) in [6.45, 7) is 8.16. The van der Waals surface area contributed by atoms with Gasteiger partial charge in [0.15, 0.2) is 5.11 Å². The van der Waals surface area contributed by atoms with Gasteiger partial charge in [-0.1, -0.05) is 23.7 Å². The fourth-order valence-corrected chi connectivity index (χ4v) is 5.09. The molecule has 1 N–H and O–H groups in total. The van der Waals surface area contributed by atoms with Crippen molar-refractivity contribution in [2.75, 3.05) is 27.2 Å². The second-order valence-electron chi connectivity index (χ2n) is 8.67. The molecule has 32 heavy (non-hydrogen) atoms. The van der Waals surface area contributed by atoms with Gasteiger partial charge in [-0.2, -0.15) is 0 Å². The van der Waals surface area contributed by atoms with Crippen LogP contribution in [0.1, 0.15) is 40.3 Å². The Bertz CT molecular complexity index is 1120. The number of nitrogens with one attached hydrogen (secondary N) is 1. The van der Waals surface area contributed by atoms with Crippen LogP contribution in [-0.2, 0) is 0 Å². The number of thiocarbonyl (C=S) groups is 1. The van der Waals surface area contributed by atoms with Crippen molar-refractivity contribution in [2.45, 2.75) is 32.9 Å². The first-order valence-electron chi connectivity index (χ1n) is 10.9. The van der Waals surface area contributed by atoms with E-state index in [9.17, 15) is 0 Å².